The van der Waals surface area contributed by atoms with Crippen LogP contribution in [0.25, 0.3) is 0 Å². The van der Waals surface area contributed by atoms with Crippen molar-refractivity contribution in [1.82, 2.24) is 0 Å². The summed E-state index contributed by atoms with van der Waals surface area (Å²) >= 11 is 0. The van der Waals surface area contributed by atoms with Crippen molar-refractivity contribution in [3.63, 3.8) is 0 Å². The molecule has 0 fully saturated rings. The van der Waals surface area contributed by atoms with Gasteiger partial charge in [-0.1, -0.05) is 6.92 Å². The Morgan fingerprint density at radius 3 is 2.88 bits per heavy atom. The van der Waals surface area contributed by atoms with Crippen molar-refractivity contribution >= 4 is 6.21 Å². The Bertz CT molecular complexity index is 72.8. The molecular weight excluding hydrogens is 104 g/mol. The zero-order valence-corrected chi connectivity index (χ0v) is 5.04. The first kappa shape index (κ1) is 7.43. The molecule has 3 heteroatoms. The third-order valence-corrected chi connectivity index (χ3v) is 1.01. The van der Waals surface area contributed by atoms with Crippen LogP contribution in [0.5, 0.6) is 0 Å². The molecule has 0 aromatic rings. The van der Waals surface area contributed by atoms with E-state index in [1.807, 2.05) is 6.92 Å². The topological polar surface area (TPSA) is 58.6 Å². The monoisotopic (exact) mass is 116 g/mol. The van der Waals surface area contributed by atoms with Crippen LogP contribution in [0.2, 0.25) is 0 Å². The lowest BCUT2D eigenvalue weighted by Gasteiger charge is -2.00. The van der Waals surface area contributed by atoms with E-state index in [1.54, 1.807) is 0 Å². The summed E-state index contributed by atoms with van der Waals surface area (Å²) in [5.41, 5.74) is 5.46. The average molecular weight is 116 g/mol. The number of oxime groups is 1. The fourth-order valence-electron chi connectivity index (χ4n) is 0.349. The molecule has 0 heterocycles. The van der Waals surface area contributed by atoms with Gasteiger partial charge in [-0.3, -0.25) is 0 Å². The fraction of sp³-hybridized carbons (Fsp3) is 0.800. The van der Waals surface area contributed by atoms with E-state index in [2.05, 4.69) is 5.16 Å². The summed E-state index contributed by atoms with van der Waals surface area (Å²) in [5, 5.41) is 10.7. The molecule has 0 aliphatic heterocycles. The second-order valence-corrected chi connectivity index (χ2v) is 1.70. The van der Waals surface area contributed by atoms with E-state index in [-0.39, 0.29) is 6.04 Å². The smallest absolute Gasteiger partial charge is 0.0451 e. The summed E-state index contributed by atoms with van der Waals surface area (Å²) in [7, 11) is 0. The van der Waals surface area contributed by atoms with Crippen molar-refractivity contribution in [3.05, 3.63) is 0 Å². The normalized spacial score (nSPS) is 14.8. The molecule has 0 bridgehead atoms. The lowest BCUT2D eigenvalue weighted by molar-refractivity contribution is 0.320. The van der Waals surface area contributed by atoms with Crippen LogP contribution in [0.15, 0.2) is 5.16 Å². The third-order valence-electron chi connectivity index (χ3n) is 1.01. The van der Waals surface area contributed by atoms with Crippen LogP contribution in [0.3, 0.4) is 0 Å². The lowest BCUT2D eigenvalue weighted by atomic mass is 10.2. The Morgan fingerprint density at radius 1 is 1.88 bits per heavy atom. The number of nitrogens with two attached hydrogens (primary N) is 1. The van der Waals surface area contributed by atoms with Crippen molar-refractivity contribution in [2.24, 2.45) is 10.9 Å². The maximum Gasteiger partial charge on any atom is 0.0451 e. The third kappa shape index (κ3) is 3.61. The van der Waals surface area contributed by atoms with Crippen LogP contribution in [0.1, 0.15) is 19.8 Å². The Balaban J connectivity index is 3.10. The van der Waals surface area contributed by atoms with Gasteiger partial charge in [0.2, 0.25) is 0 Å². The maximum atomic E-state index is 7.92. The van der Waals surface area contributed by atoms with Gasteiger partial charge in [-0.2, -0.15) is 0 Å². The van der Waals surface area contributed by atoms with Crippen LogP contribution < -0.4 is 5.73 Å². The summed E-state index contributed by atoms with van der Waals surface area (Å²) in [5.74, 6) is 0. The summed E-state index contributed by atoms with van der Waals surface area (Å²) in [6.45, 7) is 2.00. The number of hydrogen-bond donors (Lipinski definition) is 2. The Kier molecular flexibility index (Phi) is 4.26. The van der Waals surface area contributed by atoms with E-state index in [4.69, 9.17) is 10.9 Å². The zero-order valence-electron chi connectivity index (χ0n) is 5.04. The Labute approximate surface area is 49.2 Å². The summed E-state index contributed by atoms with van der Waals surface area (Å²) in [4.78, 5) is 0. The van der Waals surface area contributed by atoms with Gasteiger partial charge in [0.25, 0.3) is 0 Å². The molecule has 0 saturated heterocycles. The van der Waals surface area contributed by atoms with Gasteiger partial charge < -0.3 is 10.9 Å². The minimum Gasteiger partial charge on any atom is -0.411 e. The predicted octanol–water partition coefficient (Wildman–Crippen LogP) is 0.574. The molecule has 0 aliphatic rings. The highest BCUT2D eigenvalue weighted by Gasteiger charge is 1.92. The summed E-state index contributed by atoms with van der Waals surface area (Å²) in [6, 6.07) is 0.144. The van der Waals surface area contributed by atoms with Crippen LogP contribution in [0.4, 0.5) is 0 Å². The van der Waals surface area contributed by atoms with Gasteiger partial charge in [0.15, 0.2) is 0 Å². The molecule has 48 valence electrons. The van der Waals surface area contributed by atoms with Crippen LogP contribution >= 0.6 is 0 Å². The van der Waals surface area contributed by atoms with Gasteiger partial charge >= 0.3 is 0 Å². The molecule has 0 rings (SSSR count). The molecular formula is C5H12N2O. The molecule has 0 saturated carbocycles. The largest absolute Gasteiger partial charge is 0.411 e. The molecule has 0 amide bonds. The van der Waals surface area contributed by atoms with Crippen LogP contribution in [-0.2, 0) is 0 Å². The van der Waals surface area contributed by atoms with E-state index >= 15 is 0 Å². The first-order chi connectivity index (χ1) is 3.81. The van der Waals surface area contributed by atoms with E-state index in [9.17, 15) is 0 Å². The Hall–Kier alpha value is -0.570. The quantitative estimate of drug-likeness (QED) is 0.322. The number of hydrogen-bond acceptors (Lipinski definition) is 3. The van der Waals surface area contributed by atoms with Crippen molar-refractivity contribution in [3.8, 4) is 0 Å². The molecule has 8 heavy (non-hydrogen) atoms. The Morgan fingerprint density at radius 2 is 2.50 bits per heavy atom. The molecule has 0 aliphatic carbocycles. The van der Waals surface area contributed by atoms with Gasteiger partial charge in [-0.15, -0.1) is 5.16 Å². The zero-order chi connectivity index (χ0) is 6.41. The van der Waals surface area contributed by atoms with Gasteiger partial charge in [-0.25, -0.2) is 0 Å². The van der Waals surface area contributed by atoms with Crippen LogP contribution in [0, 0.1) is 0 Å². The van der Waals surface area contributed by atoms with Crippen molar-refractivity contribution in [2.45, 2.75) is 25.8 Å². The molecule has 0 aromatic heterocycles. The predicted molar refractivity (Wildman–Crippen MR) is 33.2 cm³/mol. The van der Waals surface area contributed by atoms with Crippen LogP contribution in [-0.4, -0.2) is 17.5 Å². The number of rotatable bonds is 3. The molecule has 0 radical (unpaired) electrons. The van der Waals surface area contributed by atoms with Gasteiger partial charge in [0.1, 0.15) is 0 Å². The molecule has 0 spiro atoms. The van der Waals surface area contributed by atoms with Gasteiger partial charge in [0, 0.05) is 18.7 Å². The van der Waals surface area contributed by atoms with E-state index in [1.165, 1.54) is 6.21 Å². The highest BCUT2D eigenvalue weighted by molar-refractivity contribution is 5.56. The first-order valence-electron chi connectivity index (χ1n) is 2.72. The van der Waals surface area contributed by atoms with E-state index in [0.717, 1.165) is 6.42 Å². The molecule has 0 aromatic carbocycles. The fourth-order valence-corrected chi connectivity index (χ4v) is 0.349. The summed E-state index contributed by atoms with van der Waals surface area (Å²) < 4.78 is 0. The van der Waals surface area contributed by atoms with Crippen molar-refractivity contribution in [1.29, 1.82) is 0 Å². The summed E-state index contributed by atoms with van der Waals surface area (Å²) in [6.07, 6.45) is 2.99. The average Bonchev–Trinajstić information content (AvgIpc) is 1.83. The highest BCUT2D eigenvalue weighted by Crippen LogP contribution is 1.88. The second-order valence-electron chi connectivity index (χ2n) is 1.70. The minimum atomic E-state index is 0.144. The first-order valence-corrected chi connectivity index (χ1v) is 2.72. The lowest BCUT2D eigenvalue weighted by Crippen LogP contribution is -2.18. The molecule has 3 nitrogen and oxygen atoms in total. The standard InChI is InChI=1S/C5H12N2O/c1-2-5(6)3-4-7-8/h4-5,8H,2-3,6H2,1H3/b7-4+. The van der Waals surface area contributed by atoms with Crippen molar-refractivity contribution in [2.75, 3.05) is 0 Å². The van der Waals surface area contributed by atoms with Gasteiger partial charge in [0.05, 0.1) is 0 Å². The van der Waals surface area contributed by atoms with E-state index < -0.39 is 0 Å². The highest BCUT2D eigenvalue weighted by atomic mass is 16.4. The van der Waals surface area contributed by atoms with Gasteiger partial charge in [-0.05, 0) is 6.42 Å². The molecule has 3 N–H and O–H groups in total. The SMILES string of the molecule is CCC(N)C/C=N/O. The van der Waals surface area contributed by atoms with E-state index in [0.29, 0.717) is 6.42 Å². The number of nitrogens with zero attached hydrogens (tertiary/aromatic N) is 1. The maximum absolute atomic E-state index is 7.92. The van der Waals surface area contributed by atoms with Crippen molar-refractivity contribution < 1.29 is 5.21 Å². The molecule has 1 atom stereocenters. The minimum absolute atomic E-state index is 0.144. The second kappa shape index (κ2) is 4.59. The molecule has 1 unspecified atom stereocenters.